The van der Waals surface area contributed by atoms with Gasteiger partial charge in [0.2, 0.25) is 0 Å². The van der Waals surface area contributed by atoms with E-state index in [0.29, 0.717) is 61.7 Å². The van der Waals surface area contributed by atoms with Crippen molar-refractivity contribution in [2.45, 2.75) is 40.5 Å². The topological polar surface area (TPSA) is 82.1 Å². The Morgan fingerprint density at radius 2 is 1.52 bits per heavy atom. The minimum absolute atomic E-state index is 0.141. The van der Waals surface area contributed by atoms with E-state index in [1.165, 1.54) is 0 Å². The third kappa shape index (κ3) is 5.93. The molecule has 2 aromatic rings. The van der Waals surface area contributed by atoms with Gasteiger partial charge in [-0.05, 0) is 62.8 Å². The molecular weight excluding hydrogens is 396 g/mol. The summed E-state index contributed by atoms with van der Waals surface area (Å²) in [7, 11) is 1.62. The Hall–Kier alpha value is -2.70. The quantitative estimate of drug-likeness (QED) is 0.405. The van der Waals surface area contributed by atoms with Crippen LogP contribution in [-0.4, -0.2) is 51.2 Å². The van der Waals surface area contributed by atoms with Crippen molar-refractivity contribution in [3.63, 3.8) is 0 Å². The van der Waals surface area contributed by atoms with Gasteiger partial charge in [0.15, 0.2) is 12.6 Å². The Kier molecular flexibility index (Phi) is 9.21. The Bertz CT molecular complexity index is 933. The number of aryl methyl sites for hydroxylation is 4. The Balaban J connectivity index is 2.22. The number of ether oxygens (including phenoxy) is 3. The van der Waals surface area contributed by atoms with E-state index in [4.69, 9.17) is 14.2 Å². The highest BCUT2D eigenvalue weighted by molar-refractivity contribution is 5.83. The highest BCUT2D eigenvalue weighted by atomic mass is 16.5. The van der Waals surface area contributed by atoms with Crippen LogP contribution in [0.25, 0.3) is 0 Å². The maximum Gasteiger partial charge on any atom is 0.150 e. The zero-order chi connectivity index (χ0) is 23.0. The minimum Gasteiger partial charge on any atom is -0.507 e. The maximum absolute atomic E-state index is 11.9. The maximum atomic E-state index is 11.9. The summed E-state index contributed by atoms with van der Waals surface area (Å²) >= 11 is 0. The number of carbonyl (C=O) groups excluding carboxylic acids is 2. The second kappa shape index (κ2) is 11.6. The van der Waals surface area contributed by atoms with Crippen molar-refractivity contribution in [1.29, 1.82) is 0 Å². The Morgan fingerprint density at radius 1 is 0.839 bits per heavy atom. The predicted molar refractivity (Wildman–Crippen MR) is 120 cm³/mol. The first-order chi connectivity index (χ1) is 14.8. The lowest BCUT2D eigenvalue weighted by molar-refractivity contribution is 0.0542. The lowest BCUT2D eigenvalue weighted by atomic mass is 9.90. The van der Waals surface area contributed by atoms with Gasteiger partial charge in [-0.1, -0.05) is 12.1 Å². The molecule has 0 unspecified atom stereocenters. The molecule has 0 aliphatic heterocycles. The summed E-state index contributed by atoms with van der Waals surface area (Å²) in [5, 5.41) is 10.5. The van der Waals surface area contributed by atoms with Crippen LogP contribution in [0.15, 0.2) is 12.1 Å². The fraction of sp³-hybridized carbons (Fsp3) is 0.440. The molecule has 6 heteroatoms. The van der Waals surface area contributed by atoms with Crippen molar-refractivity contribution >= 4 is 12.6 Å². The van der Waals surface area contributed by atoms with Crippen LogP contribution in [0.4, 0.5) is 0 Å². The van der Waals surface area contributed by atoms with Crippen LogP contribution < -0.4 is 4.74 Å². The van der Waals surface area contributed by atoms with E-state index in [-0.39, 0.29) is 5.75 Å². The monoisotopic (exact) mass is 428 g/mol. The van der Waals surface area contributed by atoms with Gasteiger partial charge in [0.1, 0.15) is 18.1 Å². The number of phenolic OH excluding ortho intramolecular Hbond substituents is 1. The predicted octanol–water partition coefficient (Wildman–Crippen LogP) is 4.08. The van der Waals surface area contributed by atoms with E-state index in [1.54, 1.807) is 13.2 Å². The van der Waals surface area contributed by atoms with E-state index in [1.807, 2.05) is 33.8 Å². The van der Waals surface area contributed by atoms with Crippen molar-refractivity contribution in [2.75, 3.05) is 33.5 Å². The van der Waals surface area contributed by atoms with Gasteiger partial charge in [0, 0.05) is 29.4 Å². The first kappa shape index (κ1) is 24.6. The number of hydrogen-bond acceptors (Lipinski definition) is 6. The van der Waals surface area contributed by atoms with Crippen molar-refractivity contribution in [1.82, 2.24) is 0 Å². The molecular formula is C25H32O6. The molecule has 0 bridgehead atoms. The summed E-state index contributed by atoms with van der Waals surface area (Å²) in [6.07, 6.45) is 2.60. The molecule has 168 valence electrons. The molecule has 6 nitrogen and oxygen atoms in total. The van der Waals surface area contributed by atoms with E-state index in [2.05, 4.69) is 0 Å². The third-order valence-electron chi connectivity index (χ3n) is 5.47. The molecule has 0 heterocycles. The SMILES string of the molecule is COCCOCCOc1c(C)cc(CCc2c(O)c(C)cc(C)c2C=O)c(C=O)c1C. The van der Waals surface area contributed by atoms with E-state index >= 15 is 0 Å². The first-order valence-electron chi connectivity index (χ1n) is 10.4. The van der Waals surface area contributed by atoms with E-state index in [9.17, 15) is 14.7 Å². The Labute approximate surface area is 184 Å². The van der Waals surface area contributed by atoms with Crippen LogP contribution in [0.3, 0.4) is 0 Å². The fourth-order valence-electron chi connectivity index (χ4n) is 3.85. The summed E-state index contributed by atoms with van der Waals surface area (Å²) in [6, 6.07) is 3.75. The van der Waals surface area contributed by atoms with Crippen LogP contribution in [0.2, 0.25) is 0 Å². The third-order valence-corrected chi connectivity index (χ3v) is 5.47. The molecule has 0 fully saturated rings. The number of methoxy groups -OCH3 is 1. The summed E-state index contributed by atoms with van der Waals surface area (Å²) in [4.78, 5) is 23.5. The molecule has 2 aromatic carbocycles. The van der Waals surface area contributed by atoms with Gasteiger partial charge in [0.05, 0.1) is 19.8 Å². The lowest BCUT2D eigenvalue weighted by Crippen LogP contribution is -2.12. The largest absolute Gasteiger partial charge is 0.507 e. The second-order valence-electron chi connectivity index (χ2n) is 7.66. The zero-order valence-electron chi connectivity index (χ0n) is 19.0. The molecule has 2 rings (SSSR count). The van der Waals surface area contributed by atoms with E-state index < -0.39 is 0 Å². The van der Waals surface area contributed by atoms with Crippen LogP contribution in [0, 0.1) is 27.7 Å². The molecule has 0 saturated carbocycles. The molecule has 1 N–H and O–H groups in total. The molecule has 0 amide bonds. The number of aldehydes is 2. The second-order valence-corrected chi connectivity index (χ2v) is 7.66. The molecule has 0 atom stereocenters. The molecule has 0 radical (unpaired) electrons. The highest BCUT2D eigenvalue weighted by Gasteiger charge is 2.17. The summed E-state index contributed by atoms with van der Waals surface area (Å²) in [5.41, 5.74) is 5.85. The number of rotatable bonds is 12. The number of aromatic hydroxyl groups is 1. The van der Waals surface area contributed by atoms with Crippen molar-refractivity contribution in [3.05, 3.63) is 56.6 Å². The van der Waals surface area contributed by atoms with Crippen LogP contribution in [-0.2, 0) is 22.3 Å². The fourth-order valence-corrected chi connectivity index (χ4v) is 3.85. The molecule has 0 aromatic heterocycles. The molecule has 0 spiro atoms. The number of carbonyl (C=O) groups is 2. The van der Waals surface area contributed by atoms with Gasteiger partial charge in [-0.15, -0.1) is 0 Å². The van der Waals surface area contributed by atoms with Crippen LogP contribution >= 0.6 is 0 Å². The normalized spacial score (nSPS) is 10.9. The molecule has 31 heavy (non-hydrogen) atoms. The van der Waals surface area contributed by atoms with Crippen LogP contribution in [0.1, 0.15) is 54.1 Å². The summed E-state index contributed by atoms with van der Waals surface area (Å²) < 4.78 is 16.2. The van der Waals surface area contributed by atoms with Crippen LogP contribution in [0.5, 0.6) is 11.5 Å². The lowest BCUT2D eigenvalue weighted by Gasteiger charge is -2.18. The number of benzene rings is 2. The van der Waals surface area contributed by atoms with Gasteiger partial charge >= 0.3 is 0 Å². The molecule has 0 aliphatic carbocycles. The number of phenols is 1. The summed E-state index contributed by atoms with van der Waals surface area (Å²) in [5.74, 6) is 0.825. The van der Waals surface area contributed by atoms with Gasteiger partial charge in [-0.25, -0.2) is 0 Å². The standard InChI is InChI=1S/C25H32O6/c1-16-12-17(2)24(28)21(22(16)14-26)7-6-20-13-18(3)25(19(4)23(20)15-27)31-11-10-30-9-8-29-5/h12-15,28H,6-11H2,1-5H3. The van der Waals surface area contributed by atoms with Gasteiger partial charge in [-0.2, -0.15) is 0 Å². The highest BCUT2D eigenvalue weighted by Crippen LogP contribution is 2.32. The van der Waals surface area contributed by atoms with Crippen molar-refractivity contribution in [2.24, 2.45) is 0 Å². The molecule has 0 aliphatic rings. The minimum atomic E-state index is 0.141. The van der Waals surface area contributed by atoms with Crippen molar-refractivity contribution < 1.29 is 28.9 Å². The first-order valence-corrected chi connectivity index (χ1v) is 10.4. The molecule has 0 saturated heterocycles. The number of hydrogen-bond donors (Lipinski definition) is 1. The van der Waals surface area contributed by atoms with Gasteiger partial charge in [0.25, 0.3) is 0 Å². The van der Waals surface area contributed by atoms with Gasteiger partial charge in [-0.3, -0.25) is 9.59 Å². The summed E-state index contributed by atoms with van der Waals surface area (Å²) in [6.45, 7) is 9.33. The van der Waals surface area contributed by atoms with Gasteiger partial charge < -0.3 is 19.3 Å². The smallest absolute Gasteiger partial charge is 0.150 e. The zero-order valence-corrected chi connectivity index (χ0v) is 19.0. The Morgan fingerprint density at radius 3 is 2.16 bits per heavy atom. The van der Waals surface area contributed by atoms with Crippen molar-refractivity contribution in [3.8, 4) is 11.5 Å². The average molecular weight is 429 g/mol. The van der Waals surface area contributed by atoms with E-state index in [0.717, 1.165) is 40.4 Å². The average Bonchev–Trinajstić information content (AvgIpc) is 2.74.